The van der Waals surface area contributed by atoms with Crippen LogP contribution in [0.3, 0.4) is 0 Å². The maximum Gasteiger partial charge on any atom is 0.303 e. The van der Waals surface area contributed by atoms with Crippen LogP contribution in [-0.4, -0.2) is 56.2 Å². The van der Waals surface area contributed by atoms with Gasteiger partial charge in [0.1, 0.15) is 11.7 Å². The van der Waals surface area contributed by atoms with E-state index in [4.69, 9.17) is 9.84 Å². The first-order chi connectivity index (χ1) is 16.4. The Morgan fingerprint density at radius 2 is 2.00 bits per heavy atom. The molecule has 3 aromatic rings. The monoisotopic (exact) mass is 466 g/mol. The van der Waals surface area contributed by atoms with Gasteiger partial charge in [0.05, 0.1) is 19.0 Å². The third-order valence-electron chi connectivity index (χ3n) is 5.87. The summed E-state index contributed by atoms with van der Waals surface area (Å²) in [4.78, 5) is 33.5. The smallest absolute Gasteiger partial charge is 0.303 e. The van der Waals surface area contributed by atoms with Gasteiger partial charge in [-0.25, -0.2) is 19.3 Å². The van der Waals surface area contributed by atoms with E-state index >= 15 is 0 Å². The minimum Gasteiger partial charge on any atom is -0.481 e. The van der Waals surface area contributed by atoms with Crippen LogP contribution in [-0.2, 0) is 11.2 Å². The molecule has 34 heavy (non-hydrogen) atoms. The van der Waals surface area contributed by atoms with Gasteiger partial charge in [-0.15, -0.1) is 0 Å². The molecule has 2 N–H and O–H groups in total. The molecular weight excluding hydrogens is 439 g/mol. The zero-order valence-electron chi connectivity index (χ0n) is 19.2. The normalized spacial score (nSPS) is 15.7. The molecule has 0 aromatic carbocycles. The third-order valence-corrected chi connectivity index (χ3v) is 5.87. The van der Waals surface area contributed by atoms with Crippen LogP contribution in [0.15, 0.2) is 42.5 Å². The molecule has 0 spiro atoms. The van der Waals surface area contributed by atoms with Crippen molar-refractivity contribution in [1.29, 1.82) is 0 Å². The molecule has 0 bridgehead atoms. The van der Waals surface area contributed by atoms with Crippen LogP contribution in [0.4, 0.5) is 10.3 Å². The van der Waals surface area contributed by atoms with Gasteiger partial charge in [-0.05, 0) is 43.4 Å². The van der Waals surface area contributed by atoms with E-state index in [1.165, 1.54) is 13.2 Å². The number of hydrogen-bond acceptors (Lipinski definition) is 7. The lowest BCUT2D eigenvalue weighted by atomic mass is 9.94. The highest BCUT2D eigenvalue weighted by molar-refractivity contribution is 5.74. The number of pyridine rings is 1. The van der Waals surface area contributed by atoms with E-state index < -0.39 is 5.97 Å². The van der Waals surface area contributed by atoms with Crippen LogP contribution in [0, 0.1) is 5.92 Å². The molecule has 0 unspecified atom stereocenters. The Balaban J connectivity index is 1.40. The summed E-state index contributed by atoms with van der Waals surface area (Å²) in [6.07, 6.45) is 8.43. The molecule has 0 amide bonds. The molecule has 0 aliphatic carbocycles. The summed E-state index contributed by atoms with van der Waals surface area (Å²) in [7, 11) is 1.53. The molecular formula is C24H27FN6O3. The van der Waals surface area contributed by atoms with Gasteiger partial charge >= 0.3 is 5.97 Å². The number of methoxy groups -OCH3 is 1. The fraction of sp³-hybridized carbons (Fsp3) is 0.375. The number of ether oxygens (including phenoxy) is 1. The molecule has 0 radical (unpaired) electrons. The fourth-order valence-corrected chi connectivity index (χ4v) is 4.05. The summed E-state index contributed by atoms with van der Waals surface area (Å²) in [5, 5.41) is 8.96. The number of anilines is 1. The van der Waals surface area contributed by atoms with E-state index in [0.717, 1.165) is 25.9 Å². The van der Waals surface area contributed by atoms with Gasteiger partial charge < -0.3 is 19.7 Å². The molecule has 1 aliphatic rings. The third kappa shape index (κ3) is 5.56. The number of piperidine rings is 1. The molecule has 4 rings (SSSR count). The Labute approximate surface area is 196 Å². The average Bonchev–Trinajstić information content (AvgIpc) is 3.24. The Morgan fingerprint density at radius 3 is 2.65 bits per heavy atom. The quantitative estimate of drug-likeness (QED) is 0.479. The van der Waals surface area contributed by atoms with Gasteiger partial charge in [-0.1, -0.05) is 6.08 Å². The van der Waals surface area contributed by atoms with E-state index in [9.17, 15) is 9.18 Å². The number of fused-ring (bicyclic) bond motifs is 1. The van der Waals surface area contributed by atoms with E-state index in [-0.39, 0.29) is 24.6 Å². The zero-order chi connectivity index (χ0) is 24.1. The first-order valence-corrected chi connectivity index (χ1v) is 11.2. The second-order valence-electron chi connectivity index (χ2n) is 8.22. The predicted molar refractivity (Wildman–Crippen MR) is 126 cm³/mol. The van der Waals surface area contributed by atoms with Crippen molar-refractivity contribution in [2.75, 3.05) is 25.1 Å². The number of hydrogen-bond donors (Lipinski definition) is 2. The van der Waals surface area contributed by atoms with Gasteiger partial charge in [-0.3, -0.25) is 4.79 Å². The van der Waals surface area contributed by atoms with Crippen LogP contribution >= 0.6 is 0 Å². The van der Waals surface area contributed by atoms with Crippen molar-refractivity contribution >= 4 is 28.7 Å². The molecule has 3 aromatic heterocycles. The SMILES string of the molecule is C/C=C(\C=C(\F)Cc1nc2nc(OC)ccc2[nH]1)c1cnc(N2CCC(CC(=O)O)CC2)nc1. The number of aromatic amines is 1. The van der Waals surface area contributed by atoms with Gasteiger partial charge in [0.2, 0.25) is 11.8 Å². The Bertz CT molecular complexity index is 1210. The van der Waals surface area contributed by atoms with Crippen LogP contribution in [0.5, 0.6) is 5.88 Å². The number of allylic oxidation sites excluding steroid dienone is 4. The number of nitrogens with one attached hydrogen (secondary N) is 1. The first kappa shape index (κ1) is 23.3. The lowest BCUT2D eigenvalue weighted by molar-refractivity contribution is -0.138. The number of carboxylic acids is 1. The topological polar surface area (TPSA) is 117 Å². The largest absolute Gasteiger partial charge is 0.481 e. The number of carboxylic acid groups (broad SMARTS) is 1. The van der Waals surface area contributed by atoms with Crippen molar-refractivity contribution in [2.24, 2.45) is 5.92 Å². The number of aliphatic carboxylic acids is 1. The van der Waals surface area contributed by atoms with Gasteiger partial charge in [0.15, 0.2) is 5.65 Å². The molecule has 4 heterocycles. The number of halogens is 1. The summed E-state index contributed by atoms with van der Waals surface area (Å²) in [5.74, 6) is 0.603. The average molecular weight is 467 g/mol. The summed E-state index contributed by atoms with van der Waals surface area (Å²) in [6, 6.07) is 3.51. The van der Waals surface area contributed by atoms with E-state index in [2.05, 4.69) is 29.8 Å². The number of aromatic nitrogens is 5. The minimum absolute atomic E-state index is 0.000242. The predicted octanol–water partition coefficient (Wildman–Crippen LogP) is 3.95. The maximum absolute atomic E-state index is 14.8. The zero-order valence-corrected chi connectivity index (χ0v) is 19.2. The lowest BCUT2D eigenvalue weighted by Gasteiger charge is -2.31. The molecule has 178 valence electrons. The van der Waals surface area contributed by atoms with Crippen LogP contribution in [0.25, 0.3) is 16.7 Å². The molecule has 1 saturated heterocycles. The van der Waals surface area contributed by atoms with Crippen molar-refractivity contribution in [3.05, 3.63) is 53.9 Å². The lowest BCUT2D eigenvalue weighted by Crippen LogP contribution is -2.35. The molecule has 0 atom stereocenters. The van der Waals surface area contributed by atoms with Crippen LogP contribution in [0.2, 0.25) is 0 Å². The molecule has 0 saturated carbocycles. The second kappa shape index (κ2) is 10.4. The van der Waals surface area contributed by atoms with Crippen molar-refractivity contribution in [3.63, 3.8) is 0 Å². The van der Waals surface area contributed by atoms with Crippen molar-refractivity contribution < 1.29 is 19.0 Å². The van der Waals surface area contributed by atoms with Crippen molar-refractivity contribution in [1.82, 2.24) is 24.9 Å². The summed E-state index contributed by atoms with van der Waals surface area (Å²) < 4.78 is 19.9. The Morgan fingerprint density at radius 1 is 1.26 bits per heavy atom. The summed E-state index contributed by atoms with van der Waals surface area (Å²) >= 11 is 0. The molecule has 10 heteroatoms. The van der Waals surface area contributed by atoms with Crippen molar-refractivity contribution in [3.8, 4) is 5.88 Å². The molecule has 1 aliphatic heterocycles. The molecule has 1 fully saturated rings. The highest BCUT2D eigenvalue weighted by Gasteiger charge is 2.22. The van der Waals surface area contributed by atoms with Gasteiger partial charge in [0, 0.05) is 43.5 Å². The summed E-state index contributed by atoms with van der Waals surface area (Å²) in [6.45, 7) is 3.28. The minimum atomic E-state index is -0.754. The van der Waals surface area contributed by atoms with E-state index in [1.807, 2.05) is 6.92 Å². The van der Waals surface area contributed by atoms with Crippen LogP contribution < -0.4 is 9.64 Å². The Hall–Kier alpha value is -3.82. The van der Waals surface area contributed by atoms with Gasteiger partial charge in [-0.2, -0.15) is 4.98 Å². The number of carbonyl (C=O) groups is 1. The first-order valence-electron chi connectivity index (χ1n) is 11.2. The highest BCUT2D eigenvalue weighted by Crippen LogP contribution is 2.25. The number of H-pyrrole nitrogens is 1. The van der Waals surface area contributed by atoms with E-state index in [0.29, 0.717) is 40.0 Å². The van der Waals surface area contributed by atoms with Crippen LogP contribution in [0.1, 0.15) is 37.6 Å². The van der Waals surface area contributed by atoms with Gasteiger partial charge in [0.25, 0.3) is 0 Å². The van der Waals surface area contributed by atoms with Crippen molar-refractivity contribution in [2.45, 2.75) is 32.6 Å². The maximum atomic E-state index is 14.8. The number of rotatable bonds is 8. The second-order valence-corrected chi connectivity index (χ2v) is 8.22. The number of nitrogens with zero attached hydrogens (tertiary/aromatic N) is 5. The fourth-order valence-electron chi connectivity index (χ4n) is 4.05. The Kier molecular flexibility index (Phi) is 7.15. The molecule has 9 nitrogen and oxygen atoms in total. The van der Waals surface area contributed by atoms with E-state index in [1.54, 1.807) is 30.6 Å². The standard InChI is InChI=1S/C24H27FN6O3/c1-3-16(11-18(25)12-20-28-19-4-5-21(34-2)30-23(19)29-20)17-13-26-24(27-14-17)31-8-6-15(7-9-31)10-22(32)33/h3-5,11,13-15H,6-10,12H2,1-2H3,(H,32,33)(H,28,29,30)/b16-3+,18-11+. The summed E-state index contributed by atoms with van der Waals surface area (Å²) in [5.41, 5.74) is 2.56. The highest BCUT2D eigenvalue weighted by atomic mass is 19.1. The number of imidazole rings is 1.